The molecule has 0 radical (unpaired) electrons. The van der Waals surface area contributed by atoms with Crippen molar-refractivity contribution in [3.63, 3.8) is 0 Å². The second-order valence-electron chi connectivity index (χ2n) is 6.30. The summed E-state index contributed by atoms with van der Waals surface area (Å²) in [6.07, 6.45) is 1.15. The van der Waals surface area contributed by atoms with Crippen molar-refractivity contribution in [3.8, 4) is 0 Å². The molecule has 25 heavy (non-hydrogen) atoms. The monoisotopic (exact) mass is 389 g/mol. The molecule has 6 heteroatoms. The summed E-state index contributed by atoms with van der Waals surface area (Å²) in [7, 11) is 2.05. The lowest BCUT2D eigenvalue weighted by molar-refractivity contribution is 0.730. The van der Waals surface area contributed by atoms with Crippen molar-refractivity contribution < 1.29 is 0 Å². The van der Waals surface area contributed by atoms with Gasteiger partial charge in [-0.15, -0.1) is 10.2 Å². The fourth-order valence-electron chi connectivity index (χ4n) is 3.10. The lowest BCUT2D eigenvalue weighted by atomic mass is 10.1. The molecule has 1 aromatic heterocycles. The molecule has 1 aliphatic carbocycles. The normalized spacial score (nSPS) is 19.2. The van der Waals surface area contributed by atoms with Gasteiger partial charge in [-0.25, -0.2) is 0 Å². The van der Waals surface area contributed by atoms with Gasteiger partial charge in [0.05, 0.1) is 10.0 Å². The molecule has 0 amide bonds. The maximum absolute atomic E-state index is 6.08. The second-order valence-corrected chi connectivity index (χ2v) is 8.05. The van der Waals surface area contributed by atoms with E-state index in [2.05, 4.69) is 45.1 Å². The summed E-state index contributed by atoms with van der Waals surface area (Å²) in [5, 5.41) is 10.9. The number of nitrogens with zero attached hydrogens (tertiary/aromatic N) is 3. The molecule has 3 aromatic rings. The zero-order valence-electron chi connectivity index (χ0n) is 13.7. The summed E-state index contributed by atoms with van der Waals surface area (Å²) >= 11 is 13.7. The van der Waals surface area contributed by atoms with Gasteiger partial charge in [0.15, 0.2) is 5.16 Å². The van der Waals surface area contributed by atoms with E-state index in [1.165, 1.54) is 5.56 Å². The first-order chi connectivity index (χ1) is 12.1. The van der Waals surface area contributed by atoms with Crippen LogP contribution in [-0.2, 0) is 12.8 Å². The third kappa shape index (κ3) is 3.57. The van der Waals surface area contributed by atoms with Crippen LogP contribution in [0.5, 0.6) is 0 Å². The summed E-state index contributed by atoms with van der Waals surface area (Å²) < 4.78 is 2.12. The van der Waals surface area contributed by atoms with Crippen molar-refractivity contribution in [2.45, 2.75) is 29.2 Å². The van der Waals surface area contributed by atoms with Crippen molar-refractivity contribution in [3.05, 3.63) is 75.5 Å². The SMILES string of the molecule is Cn1c(SCc2ccc(Cl)c(Cl)c2)nnc1C1CC1c1ccccc1. The van der Waals surface area contributed by atoms with E-state index in [0.29, 0.717) is 21.9 Å². The van der Waals surface area contributed by atoms with Crippen LogP contribution in [-0.4, -0.2) is 14.8 Å². The maximum atomic E-state index is 6.08. The molecular weight excluding hydrogens is 373 g/mol. The van der Waals surface area contributed by atoms with Crippen LogP contribution in [0, 0.1) is 0 Å². The zero-order chi connectivity index (χ0) is 17.4. The van der Waals surface area contributed by atoms with Gasteiger partial charge in [0.1, 0.15) is 5.82 Å². The molecule has 1 aliphatic rings. The van der Waals surface area contributed by atoms with Crippen LogP contribution in [0.25, 0.3) is 0 Å². The molecule has 0 spiro atoms. The van der Waals surface area contributed by atoms with E-state index in [4.69, 9.17) is 23.2 Å². The van der Waals surface area contributed by atoms with Gasteiger partial charge < -0.3 is 4.57 Å². The van der Waals surface area contributed by atoms with Gasteiger partial charge in [-0.1, -0.05) is 71.4 Å². The number of hydrogen-bond donors (Lipinski definition) is 0. The Morgan fingerprint density at radius 3 is 2.60 bits per heavy atom. The fraction of sp³-hybridized carbons (Fsp3) is 0.263. The largest absolute Gasteiger partial charge is 0.309 e. The van der Waals surface area contributed by atoms with Gasteiger partial charge in [0.25, 0.3) is 0 Å². The minimum absolute atomic E-state index is 0.472. The molecule has 0 saturated heterocycles. The molecule has 3 nitrogen and oxygen atoms in total. The highest BCUT2D eigenvalue weighted by molar-refractivity contribution is 7.98. The molecule has 2 atom stereocenters. The Bertz CT molecular complexity index is 895. The van der Waals surface area contributed by atoms with Gasteiger partial charge in [-0.05, 0) is 35.6 Å². The molecule has 1 saturated carbocycles. The minimum Gasteiger partial charge on any atom is -0.309 e. The molecule has 2 aromatic carbocycles. The van der Waals surface area contributed by atoms with E-state index in [1.54, 1.807) is 11.8 Å². The van der Waals surface area contributed by atoms with Crippen molar-refractivity contribution in [1.29, 1.82) is 0 Å². The molecule has 1 heterocycles. The van der Waals surface area contributed by atoms with E-state index in [0.717, 1.165) is 28.7 Å². The topological polar surface area (TPSA) is 30.7 Å². The van der Waals surface area contributed by atoms with Gasteiger partial charge in [0, 0.05) is 18.7 Å². The van der Waals surface area contributed by atoms with Crippen LogP contribution in [0.4, 0.5) is 0 Å². The Morgan fingerprint density at radius 2 is 1.84 bits per heavy atom. The van der Waals surface area contributed by atoms with Crippen LogP contribution in [0.3, 0.4) is 0 Å². The van der Waals surface area contributed by atoms with Crippen LogP contribution in [0.15, 0.2) is 53.7 Å². The van der Waals surface area contributed by atoms with Gasteiger partial charge in [0.2, 0.25) is 0 Å². The Kier molecular flexibility index (Phi) is 4.76. The average molecular weight is 390 g/mol. The molecule has 4 rings (SSSR count). The maximum Gasteiger partial charge on any atom is 0.191 e. The molecular formula is C19H17Cl2N3S. The third-order valence-corrected chi connectivity index (χ3v) is 6.40. The Labute approximate surface area is 161 Å². The molecule has 2 unspecified atom stereocenters. The van der Waals surface area contributed by atoms with E-state index in [9.17, 15) is 0 Å². The number of rotatable bonds is 5. The van der Waals surface area contributed by atoms with Crippen molar-refractivity contribution >= 4 is 35.0 Å². The third-order valence-electron chi connectivity index (χ3n) is 4.57. The fourth-order valence-corrected chi connectivity index (χ4v) is 4.28. The van der Waals surface area contributed by atoms with E-state index >= 15 is 0 Å². The van der Waals surface area contributed by atoms with E-state index < -0.39 is 0 Å². The summed E-state index contributed by atoms with van der Waals surface area (Å²) in [5.41, 5.74) is 2.51. The average Bonchev–Trinajstić information content (AvgIpc) is 3.34. The van der Waals surface area contributed by atoms with Crippen LogP contribution in [0.2, 0.25) is 10.0 Å². The summed E-state index contributed by atoms with van der Waals surface area (Å²) in [6, 6.07) is 16.4. The van der Waals surface area contributed by atoms with Crippen LogP contribution < -0.4 is 0 Å². The molecule has 1 fully saturated rings. The molecule has 0 bridgehead atoms. The van der Waals surface area contributed by atoms with E-state index in [1.807, 2.05) is 25.2 Å². The number of halogens is 2. The van der Waals surface area contributed by atoms with Crippen molar-refractivity contribution in [2.75, 3.05) is 0 Å². The van der Waals surface area contributed by atoms with Gasteiger partial charge in [-0.3, -0.25) is 0 Å². The highest BCUT2D eigenvalue weighted by atomic mass is 35.5. The quantitative estimate of drug-likeness (QED) is 0.525. The Morgan fingerprint density at radius 1 is 1.04 bits per heavy atom. The molecule has 128 valence electrons. The summed E-state index contributed by atoms with van der Waals surface area (Å²) in [5.74, 6) is 2.90. The Balaban J connectivity index is 1.44. The zero-order valence-corrected chi connectivity index (χ0v) is 16.0. The number of thioether (sulfide) groups is 1. The van der Waals surface area contributed by atoms with Gasteiger partial charge >= 0.3 is 0 Å². The van der Waals surface area contributed by atoms with Crippen molar-refractivity contribution in [1.82, 2.24) is 14.8 Å². The second kappa shape index (κ2) is 7.02. The van der Waals surface area contributed by atoms with Crippen LogP contribution in [0.1, 0.15) is 35.2 Å². The lowest BCUT2D eigenvalue weighted by Crippen LogP contribution is -1.98. The molecule has 0 aliphatic heterocycles. The first kappa shape index (κ1) is 17.0. The van der Waals surface area contributed by atoms with Gasteiger partial charge in [-0.2, -0.15) is 0 Å². The first-order valence-corrected chi connectivity index (χ1v) is 9.88. The number of hydrogen-bond acceptors (Lipinski definition) is 3. The predicted molar refractivity (Wildman–Crippen MR) is 104 cm³/mol. The molecule has 0 N–H and O–H groups in total. The standard InChI is InChI=1S/C19H17Cl2N3S/c1-24-18(15-10-14(15)13-5-3-2-4-6-13)22-23-19(24)25-11-12-7-8-16(20)17(21)9-12/h2-9,14-15H,10-11H2,1H3. The summed E-state index contributed by atoms with van der Waals surface area (Å²) in [6.45, 7) is 0. The van der Waals surface area contributed by atoms with Crippen LogP contribution >= 0.6 is 35.0 Å². The van der Waals surface area contributed by atoms with Crippen molar-refractivity contribution in [2.24, 2.45) is 7.05 Å². The van der Waals surface area contributed by atoms with E-state index in [-0.39, 0.29) is 0 Å². The highest BCUT2D eigenvalue weighted by Gasteiger charge is 2.42. The highest BCUT2D eigenvalue weighted by Crippen LogP contribution is 2.54. The lowest BCUT2D eigenvalue weighted by Gasteiger charge is -2.05. The predicted octanol–water partition coefficient (Wildman–Crippen LogP) is 5.69. The first-order valence-electron chi connectivity index (χ1n) is 8.14. The smallest absolute Gasteiger partial charge is 0.191 e. The summed E-state index contributed by atoms with van der Waals surface area (Å²) in [4.78, 5) is 0. The number of aromatic nitrogens is 3. The minimum atomic E-state index is 0.472. The Hall–Kier alpha value is -1.49. The number of benzene rings is 2.